The largest absolute Gasteiger partial charge is 0.389 e. The van der Waals surface area contributed by atoms with Crippen LogP contribution in [0.5, 0.6) is 0 Å². The topological polar surface area (TPSA) is 72.9 Å². The fraction of sp³-hybridized carbons (Fsp3) is 0.450. The first-order valence-electron chi connectivity index (χ1n) is 9.15. The summed E-state index contributed by atoms with van der Waals surface area (Å²) < 4.78 is 3.74. The summed E-state index contributed by atoms with van der Waals surface area (Å²) >= 11 is 0. The summed E-state index contributed by atoms with van der Waals surface area (Å²) in [6.45, 7) is 6.53. The third kappa shape index (κ3) is 2.84. The molecule has 136 valence electrons. The van der Waals surface area contributed by atoms with E-state index in [4.69, 9.17) is 0 Å². The Balaban J connectivity index is 1.72. The van der Waals surface area contributed by atoms with Crippen LogP contribution in [0.25, 0.3) is 10.9 Å². The number of Topliss-reactive ketones (excluding diaryl/α,β-unsaturated/α-hetero) is 1. The number of rotatable bonds is 4. The van der Waals surface area contributed by atoms with E-state index >= 15 is 0 Å². The number of aliphatic hydroxyl groups is 1. The number of aliphatic hydroxyl groups excluding tert-OH is 1. The summed E-state index contributed by atoms with van der Waals surface area (Å²) in [4.78, 5) is 16.9. The Morgan fingerprint density at radius 2 is 2.00 bits per heavy atom. The molecule has 0 amide bonds. The zero-order chi connectivity index (χ0) is 18.4. The van der Waals surface area contributed by atoms with Crippen LogP contribution in [-0.4, -0.2) is 36.3 Å². The number of ketones is 1. The van der Waals surface area contributed by atoms with Crippen molar-refractivity contribution in [2.45, 2.75) is 59.2 Å². The molecule has 0 bridgehead atoms. The molecule has 3 aromatic rings. The van der Waals surface area contributed by atoms with E-state index in [1.54, 1.807) is 4.68 Å². The van der Waals surface area contributed by atoms with E-state index in [0.29, 0.717) is 25.3 Å². The van der Waals surface area contributed by atoms with E-state index in [1.807, 2.05) is 18.4 Å². The lowest BCUT2D eigenvalue weighted by atomic mass is 9.94. The van der Waals surface area contributed by atoms with Crippen LogP contribution in [0, 0.1) is 20.8 Å². The molecular weight excluding hydrogens is 328 g/mol. The second-order valence-electron chi connectivity index (χ2n) is 7.28. The average Bonchev–Trinajstić information content (AvgIpc) is 3.05. The van der Waals surface area contributed by atoms with Gasteiger partial charge in [-0.3, -0.25) is 4.79 Å². The van der Waals surface area contributed by atoms with Crippen molar-refractivity contribution in [1.82, 2.24) is 19.3 Å². The van der Waals surface area contributed by atoms with Gasteiger partial charge in [-0.05, 0) is 51.3 Å². The van der Waals surface area contributed by atoms with Crippen molar-refractivity contribution in [3.63, 3.8) is 0 Å². The Morgan fingerprint density at radius 1 is 1.19 bits per heavy atom. The molecule has 1 aliphatic carbocycles. The van der Waals surface area contributed by atoms with Gasteiger partial charge in [0.05, 0.1) is 24.9 Å². The maximum atomic E-state index is 12.6. The molecule has 26 heavy (non-hydrogen) atoms. The molecule has 6 nitrogen and oxygen atoms in total. The molecular formula is C20H24N4O2. The molecule has 2 heterocycles. The van der Waals surface area contributed by atoms with Crippen LogP contribution in [-0.2, 0) is 19.5 Å². The van der Waals surface area contributed by atoms with Crippen LogP contribution in [0.2, 0.25) is 0 Å². The maximum Gasteiger partial charge on any atom is 0.179 e. The fourth-order valence-corrected chi connectivity index (χ4v) is 4.05. The van der Waals surface area contributed by atoms with Crippen LogP contribution in [0.4, 0.5) is 0 Å². The van der Waals surface area contributed by atoms with Crippen molar-refractivity contribution in [1.29, 1.82) is 0 Å². The van der Waals surface area contributed by atoms with Gasteiger partial charge >= 0.3 is 0 Å². The number of fused-ring (bicyclic) bond motifs is 3. The molecule has 1 aromatic carbocycles. The van der Waals surface area contributed by atoms with Gasteiger partial charge in [0, 0.05) is 17.3 Å². The normalized spacial score (nSPS) is 15.5. The second kappa shape index (κ2) is 6.36. The van der Waals surface area contributed by atoms with Gasteiger partial charge < -0.3 is 9.67 Å². The summed E-state index contributed by atoms with van der Waals surface area (Å²) in [5, 5.41) is 16.2. The van der Waals surface area contributed by atoms with Crippen molar-refractivity contribution in [2.75, 3.05) is 0 Å². The molecule has 0 saturated heterocycles. The van der Waals surface area contributed by atoms with Gasteiger partial charge in [0.2, 0.25) is 0 Å². The van der Waals surface area contributed by atoms with E-state index in [1.165, 1.54) is 5.56 Å². The third-order valence-corrected chi connectivity index (χ3v) is 5.16. The van der Waals surface area contributed by atoms with Crippen molar-refractivity contribution in [3.8, 4) is 0 Å². The number of carbonyl (C=O) groups is 1. The molecule has 0 aliphatic heterocycles. The highest BCUT2D eigenvalue weighted by Gasteiger charge is 2.27. The lowest BCUT2D eigenvalue weighted by molar-refractivity contribution is 0.0952. The molecule has 4 rings (SSSR count). The van der Waals surface area contributed by atoms with E-state index in [-0.39, 0.29) is 5.78 Å². The van der Waals surface area contributed by atoms with Crippen LogP contribution in [0.15, 0.2) is 18.2 Å². The molecule has 0 fully saturated rings. The first kappa shape index (κ1) is 17.0. The quantitative estimate of drug-likeness (QED) is 0.784. The average molecular weight is 352 g/mol. The van der Waals surface area contributed by atoms with Crippen LogP contribution in [0.1, 0.15) is 46.1 Å². The Kier molecular flexibility index (Phi) is 4.15. The zero-order valence-corrected chi connectivity index (χ0v) is 15.5. The lowest BCUT2D eigenvalue weighted by Gasteiger charge is -2.18. The van der Waals surface area contributed by atoms with E-state index < -0.39 is 6.10 Å². The molecule has 0 spiro atoms. The SMILES string of the molecule is Cc1ccc2c(c1)c1c(n2C[C@@H](O)Cn2nc(C)nc2C)C(=O)CCC1. The van der Waals surface area contributed by atoms with Gasteiger partial charge in [-0.2, -0.15) is 5.10 Å². The number of nitrogens with zero attached hydrogens (tertiary/aromatic N) is 4. The number of benzene rings is 1. The Labute approximate surface area is 152 Å². The molecule has 2 aromatic heterocycles. The number of carbonyl (C=O) groups excluding carboxylic acids is 1. The molecule has 0 unspecified atom stereocenters. The predicted molar refractivity (Wildman–Crippen MR) is 99.4 cm³/mol. The van der Waals surface area contributed by atoms with Crippen LogP contribution < -0.4 is 0 Å². The van der Waals surface area contributed by atoms with Gasteiger partial charge in [0.25, 0.3) is 0 Å². The number of hydrogen-bond donors (Lipinski definition) is 1. The summed E-state index contributed by atoms with van der Waals surface area (Å²) in [6, 6.07) is 6.28. The Hall–Kier alpha value is -2.47. The van der Waals surface area contributed by atoms with Crippen LogP contribution in [0.3, 0.4) is 0 Å². The van der Waals surface area contributed by atoms with Crippen molar-refractivity contribution >= 4 is 16.7 Å². The lowest BCUT2D eigenvalue weighted by Crippen LogP contribution is -2.26. The van der Waals surface area contributed by atoms with Crippen molar-refractivity contribution in [2.24, 2.45) is 0 Å². The first-order chi connectivity index (χ1) is 12.4. The van der Waals surface area contributed by atoms with E-state index in [2.05, 4.69) is 35.2 Å². The van der Waals surface area contributed by atoms with Gasteiger partial charge in [-0.1, -0.05) is 11.6 Å². The first-order valence-corrected chi connectivity index (χ1v) is 9.15. The van der Waals surface area contributed by atoms with Crippen molar-refractivity contribution in [3.05, 3.63) is 46.7 Å². The molecule has 1 N–H and O–H groups in total. The standard InChI is InChI=1S/C20H24N4O2/c1-12-7-8-18-17(9-12)16-5-4-6-19(26)20(16)23(18)10-15(25)11-24-14(3)21-13(2)22-24/h7-9,15,25H,4-6,10-11H2,1-3H3/t15-/m1/s1. The van der Waals surface area contributed by atoms with E-state index in [9.17, 15) is 9.90 Å². The number of hydrogen-bond acceptors (Lipinski definition) is 4. The predicted octanol–water partition coefficient (Wildman–Crippen LogP) is 2.74. The molecule has 6 heteroatoms. The highest BCUT2D eigenvalue weighted by Crippen LogP contribution is 2.33. The molecule has 1 atom stereocenters. The summed E-state index contributed by atoms with van der Waals surface area (Å²) in [5.74, 6) is 1.66. The fourth-order valence-electron chi connectivity index (χ4n) is 4.05. The zero-order valence-electron chi connectivity index (χ0n) is 15.5. The molecule has 0 radical (unpaired) electrons. The minimum atomic E-state index is -0.648. The van der Waals surface area contributed by atoms with E-state index in [0.717, 1.165) is 40.8 Å². The highest BCUT2D eigenvalue weighted by atomic mass is 16.3. The molecule has 0 saturated carbocycles. The van der Waals surface area contributed by atoms with Gasteiger partial charge in [0.1, 0.15) is 11.6 Å². The summed E-state index contributed by atoms with van der Waals surface area (Å²) in [5.41, 5.74) is 4.13. The third-order valence-electron chi connectivity index (χ3n) is 5.16. The Morgan fingerprint density at radius 3 is 2.73 bits per heavy atom. The summed E-state index contributed by atoms with van der Waals surface area (Å²) in [7, 11) is 0. The minimum absolute atomic E-state index is 0.181. The van der Waals surface area contributed by atoms with Gasteiger partial charge in [-0.25, -0.2) is 9.67 Å². The van der Waals surface area contributed by atoms with Crippen LogP contribution >= 0.6 is 0 Å². The van der Waals surface area contributed by atoms with Crippen molar-refractivity contribution < 1.29 is 9.90 Å². The molecule has 1 aliphatic rings. The highest BCUT2D eigenvalue weighted by molar-refractivity contribution is 6.04. The number of aromatic nitrogens is 4. The Bertz CT molecular complexity index is 999. The smallest absolute Gasteiger partial charge is 0.179 e. The van der Waals surface area contributed by atoms with Gasteiger partial charge in [-0.15, -0.1) is 0 Å². The maximum absolute atomic E-state index is 12.6. The summed E-state index contributed by atoms with van der Waals surface area (Å²) in [6.07, 6.45) is 1.76. The van der Waals surface area contributed by atoms with Gasteiger partial charge in [0.15, 0.2) is 5.78 Å². The monoisotopic (exact) mass is 352 g/mol. The second-order valence-corrected chi connectivity index (χ2v) is 7.28. The number of aryl methyl sites for hydroxylation is 4. The minimum Gasteiger partial charge on any atom is -0.389 e.